The molecule has 0 saturated carbocycles. The maximum Gasteiger partial charge on any atom is 0.326 e. The summed E-state index contributed by atoms with van der Waals surface area (Å²) >= 11 is 0. The quantitative estimate of drug-likeness (QED) is 0.375. The summed E-state index contributed by atoms with van der Waals surface area (Å²) in [5.41, 5.74) is 0. The Morgan fingerprint density at radius 2 is 1.84 bits per heavy atom. The molecule has 8 heteroatoms. The Morgan fingerprint density at radius 1 is 1.26 bits per heavy atom. The van der Waals surface area contributed by atoms with Gasteiger partial charge in [-0.15, -0.1) is 0 Å². The van der Waals surface area contributed by atoms with Gasteiger partial charge in [0.25, 0.3) is 0 Å². The third kappa shape index (κ3) is 7.60. The number of carbonyl (C=O) groups excluding carboxylic acids is 1. The normalized spacial score (nSPS) is 11.9. The highest BCUT2D eigenvalue weighted by Crippen LogP contribution is 2.00. The summed E-state index contributed by atoms with van der Waals surface area (Å²) in [6.07, 6.45) is 0.759. The van der Waals surface area contributed by atoms with Gasteiger partial charge in [-0.05, 0) is 12.8 Å². The fourth-order valence-corrected chi connectivity index (χ4v) is 1.49. The Hall–Kier alpha value is -1.38. The van der Waals surface area contributed by atoms with Crippen LogP contribution >= 0.6 is 0 Å². The maximum absolute atomic E-state index is 11.8. The highest BCUT2D eigenvalue weighted by molar-refractivity contribution is 5.82. The van der Waals surface area contributed by atoms with E-state index in [1.807, 2.05) is 0 Å². The van der Waals surface area contributed by atoms with E-state index in [0.717, 1.165) is 4.90 Å². The van der Waals surface area contributed by atoms with Crippen LogP contribution in [0.1, 0.15) is 12.8 Å². The molecule has 0 aromatic carbocycles. The molecule has 1 unspecified atom stereocenters. The predicted octanol–water partition coefficient (Wildman–Crippen LogP) is -1.14. The van der Waals surface area contributed by atoms with Crippen molar-refractivity contribution in [3.05, 3.63) is 0 Å². The van der Waals surface area contributed by atoms with Gasteiger partial charge in [0.15, 0.2) is 0 Å². The van der Waals surface area contributed by atoms with E-state index in [0.29, 0.717) is 13.0 Å². The number of carboxylic acids is 1. The molecule has 0 aromatic heterocycles. The maximum atomic E-state index is 11.8. The average molecular weight is 278 g/mol. The monoisotopic (exact) mass is 278 g/mol. The summed E-state index contributed by atoms with van der Waals surface area (Å²) < 4.78 is 4.82. The summed E-state index contributed by atoms with van der Waals surface area (Å²) in [5.74, 6) is -1.13. The first-order valence-electron chi connectivity index (χ1n) is 6.05. The fourth-order valence-electron chi connectivity index (χ4n) is 1.49. The van der Waals surface area contributed by atoms with Gasteiger partial charge in [-0.3, -0.25) is 0 Å². The predicted molar refractivity (Wildman–Crippen MR) is 66.8 cm³/mol. The number of hydrogen-bond acceptors (Lipinski definition) is 5. The van der Waals surface area contributed by atoms with E-state index in [9.17, 15) is 9.59 Å². The number of aliphatic hydroxyl groups is 2. The third-order valence-electron chi connectivity index (χ3n) is 2.46. The first-order chi connectivity index (χ1) is 9.06. The molecule has 0 saturated heterocycles. The molecule has 0 spiro atoms. The zero-order chi connectivity index (χ0) is 14.7. The lowest BCUT2D eigenvalue weighted by atomic mass is 10.1. The number of nitrogens with zero attached hydrogens (tertiary/aromatic N) is 1. The van der Waals surface area contributed by atoms with Crippen LogP contribution in [0.5, 0.6) is 0 Å². The van der Waals surface area contributed by atoms with Crippen LogP contribution in [0, 0.1) is 0 Å². The van der Waals surface area contributed by atoms with Gasteiger partial charge in [0.05, 0.1) is 13.2 Å². The van der Waals surface area contributed by atoms with E-state index in [4.69, 9.17) is 20.1 Å². The van der Waals surface area contributed by atoms with Crippen LogP contribution in [0.3, 0.4) is 0 Å². The molecule has 0 bridgehead atoms. The molecule has 0 rings (SSSR count). The van der Waals surface area contributed by atoms with Gasteiger partial charge in [0.2, 0.25) is 0 Å². The zero-order valence-electron chi connectivity index (χ0n) is 11.0. The molecular formula is C11H22N2O6. The third-order valence-corrected chi connectivity index (χ3v) is 2.46. The number of carboxylic acid groups (broad SMARTS) is 1. The van der Waals surface area contributed by atoms with Gasteiger partial charge in [0, 0.05) is 26.8 Å². The number of carbonyl (C=O) groups is 2. The van der Waals surface area contributed by atoms with E-state index in [2.05, 4.69) is 5.32 Å². The molecule has 19 heavy (non-hydrogen) atoms. The first-order valence-corrected chi connectivity index (χ1v) is 6.05. The minimum atomic E-state index is -1.13. The lowest BCUT2D eigenvalue weighted by molar-refractivity contribution is -0.139. The molecule has 2 amide bonds. The standard InChI is InChI=1S/C11H22N2O6/c1-19-8-2-3-9(10(16)17)12-11(18)13(4-6-14)5-7-15/h9,14-15H,2-8H2,1H3,(H,12,18)(H,16,17). The van der Waals surface area contributed by atoms with Crippen molar-refractivity contribution in [1.29, 1.82) is 0 Å². The molecule has 0 aliphatic carbocycles. The van der Waals surface area contributed by atoms with Crippen molar-refractivity contribution in [3.8, 4) is 0 Å². The minimum absolute atomic E-state index is 0.0385. The van der Waals surface area contributed by atoms with Crippen LogP contribution in [0.25, 0.3) is 0 Å². The van der Waals surface area contributed by atoms with Gasteiger partial charge < -0.3 is 30.3 Å². The smallest absolute Gasteiger partial charge is 0.326 e. The van der Waals surface area contributed by atoms with E-state index in [-0.39, 0.29) is 32.7 Å². The van der Waals surface area contributed by atoms with Gasteiger partial charge in [0.1, 0.15) is 6.04 Å². The highest BCUT2D eigenvalue weighted by Gasteiger charge is 2.22. The number of aliphatic hydroxyl groups excluding tert-OH is 2. The fraction of sp³-hybridized carbons (Fsp3) is 0.818. The Labute approximate surface area is 112 Å². The SMILES string of the molecule is COCCCC(NC(=O)N(CCO)CCO)C(=O)O. The number of ether oxygens (including phenoxy) is 1. The second-order valence-corrected chi connectivity index (χ2v) is 3.91. The van der Waals surface area contributed by atoms with Crippen LogP contribution in [-0.4, -0.2) is 78.3 Å². The number of rotatable bonds is 10. The molecule has 0 aromatic rings. The number of methoxy groups -OCH3 is 1. The zero-order valence-corrected chi connectivity index (χ0v) is 11.0. The molecule has 0 aliphatic heterocycles. The van der Waals surface area contributed by atoms with Crippen LogP contribution < -0.4 is 5.32 Å². The van der Waals surface area contributed by atoms with Crippen molar-refractivity contribution in [2.45, 2.75) is 18.9 Å². The van der Waals surface area contributed by atoms with E-state index in [1.54, 1.807) is 0 Å². The van der Waals surface area contributed by atoms with Crippen LogP contribution in [0.4, 0.5) is 4.79 Å². The van der Waals surface area contributed by atoms with E-state index in [1.165, 1.54) is 7.11 Å². The summed E-state index contributed by atoms with van der Waals surface area (Å²) in [7, 11) is 1.51. The average Bonchev–Trinajstić information content (AvgIpc) is 2.37. The second kappa shape index (κ2) is 10.5. The number of aliphatic carboxylic acids is 1. The molecule has 4 N–H and O–H groups in total. The summed E-state index contributed by atoms with van der Waals surface area (Å²) in [6, 6.07) is -1.63. The van der Waals surface area contributed by atoms with Crippen molar-refractivity contribution >= 4 is 12.0 Å². The van der Waals surface area contributed by atoms with Gasteiger partial charge in [-0.25, -0.2) is 9.59 Å². The molecule has 0 radical (unpaired) electrons. The van der Waals surface area contributed by atoms with E-state index >= 15 is 0 Å². The number of amides is 2. The largest absolute Gasteiger partial charge is 0.480 e. The topological polar surface area (TPSA) is 119 Å². The van der Waals surface area contributed by atoms with Crippen molar-refractivity contribution in [1.82, 2.24) is 10.2 Å². The first kappa shape index (κ1) is 17.6. The molecule has 0 heterocycles. The molecule has 0 aliphatic rings. The van der Waals surface area contributed by atoms with E-state index < -0.39 is 18.0 Å². The van der Waals surface area contributed by atoms with Gasteiger partial charge >= 0.3 is 12.0 Å². The van der Waals surface area contributed by atoms with Crippen molar-refractivity contribution in [2.75, 3.05) is 40.0 Å². The molecule has 8 nitrogen and oxygen atoms in total. The minimum Gasteiger partial charge on any atom is -0.480 e. The van der Waals surface area contributed by atoms with Crippen LogP contribution in [0.2, 0.25) is 0 Å². The number of nitrogens with one attached hydrogen (secondary N) is 1. The Balaban J connectivity index is 4.37. The lowest BCUT2D eigenvalue weighted by Gasteiger charge is -2.23. The Morgan fingerprint density at radius 3 is 2.26 bits per heavy atom. The summed E-state index contributed by atoms with van der Waals surface area (Å²) in [4.78, 5) is 23.9. The van der Waals surface area contributed by atoms with Crippen molar-refractivity contribution in [2.24, 2.45) is 0 Å². The van der Waals surface area contributed by atoms with Crippen LogP contribution in [-0.2, 0) is 9.53 Å². The lowest BCUT2D eigenvalue weighted by Crippen LogP contribution is -2.49. The number of hydrogen-bond donors (Lipinski definition) is 4. The molecule has 112 valence electrons. The molecule has 1 atom stereocenters. The second-order valence-electron chi connectivity index (χ2n) is 3.91. The van der Waals surface area contributed by atoms with Crippen molar-refractivity contribution < 1.29 is 29.6 Å². The van der Waals surface area contributed by atoms with Gasteiger partial charge in [-0.2, -0.15) is 0 Å². The number of urea groups is 1. The molecule has 0 fully saturated rings. The summed E-state index contributed by atoms with van der Waals surface area (Å²) in [5, 5.41) is 28.9. The van der Waals surface area contributed by atoms with Gasteiger partial charge in [-0.1, -0.05) is 0 Å². The highest BCUT2D eigenvalue weighted by atomic mass is 16.5. The van der Waals surface area contributed by atoms with Crippen LogP contribution in [0.15, 0.2) is 0 Å². The Bertz CT molecular complexity index is 268. The molecular weight excluding hydrogens is 256 g/mol. The van der Waals surface area contributed by atoms with Crippen molar-refractivity contribution in [3.63, 3.8) is 0 Å². The summed E-state index contributed by atoms with van der Waals surface area (Å²) in [6.45, 7) is -0.0199. The Kier molecular flexibility index (Phi) is 9.77.